The molecule has 1 unspecified atom stereocenters. The minimum absolute atomic E-state index is 0.0369. The summed E-state index contributed by atoms with van der Waals surface area (Å²) in [6, 6.07) is 11.6. The van der Waals surface area contributed by atoms with Crippen LogP contribution in [0.5, 0.6) is 0 Å². The predicted molar refractivity (Wildman–Crippen MR) is 181 cm³/mol. The average Bonchev–Trinajstić information content (AvgIpc) is 3.41. The minimum atomic E-state index is -1.31. The van der Waals surface area contributed by atoms with Crippen molar-refractivity contribution in [2.75, 3.05) is 16.8 Å². The lowest BCUT2D eigenvalue weighted by atomic mass is 10.0. The smallest absolute Gasteiger partial charge is 0.352 e. The molecule has 2 atom stereocenters. The van der Waals surface area contributed by atoms with Crippen molar-refractivity contribution in [2.45, 2.75) is 43.4 Å². The van der Waals surface area contributed by atoms with Gasteiger partial charge in [-0.3, -0.25) is 28.6 Å². The van der Waals surface area contributed by atoms with E-state index in [1.165, 1.54) is 16.3 Å². The van der Waals surface area contributed by atoms with Crippen molar-refractivity contribution in [2.24, 2.45) is 5.92 Å². The van der Waals surface area contributed by atoms with E-state index < -0.39 is 52.0 Å². The monoisotopic (exact) mass is 706 g/mol. The molecule has 4 heterocycles. The zero-order valence-electron chi connectivity index (χ0n) is 26.1. The number of nitrogens with one attached hydrogen (secondary N) is 4. The van der Waals surface area contributed by atoms with Crippen molar-refractivity contribution in [3.8, 4) is 0 Å². The van der Waals surface area contributed by atoms with Crippen LogP contribution < -0.4 is 27.4 Å². The number of hydrogen-bond donors (Lipinski definition) is 5. The highest BCUT2D eigenvalue weighted by Crippen LogP contribution is 2.41. The number of anilines is 1. The Labute approximate surface area is 285 Å². The van der Waals surface area contributed by atoms with Gasteiger partial charge in [-0.1, -0.05) is 55.9 Å². The number of nitrogens with zero attached hydrogens (tertiary/aromatic N) is 4. The van der Waals surface area contributed by atoms with Crippen LogP contribution in [-0.4, -0.2) is 81.1 Å². The maximum absolute atomic E-state index is 13.3. The van der Waals surface area contributed by atoms with E-state index in [1.54, 1.807) is 48.5 Å². The molecule has 2 aliphatic rings. The Morgan fingerprint density at radius 3 is 2.57 bits per heavy atom. The molecule has 0 radical (unpaired) electrons. The highest BCUT2D eigenvalue weighted by molar-refractivity contribution is 8.01. The summed E-state index contributed by atoms with van der Waals surface area (Å²) in [5, 5.41) is 21.2. The number of amides is 3. The average molecular weight is 707 g/mol. The lowest BCUT2D eigenvalue weighted by molar-refractivity contribution is -0.150. The number of thioether (sulfide) groups is 2. The van der Waals surface area contributed by atoms with Crippen LogP contribution in [-0.2, 0) is 27.3 Å². The lowest BCUT2D eigenvalue weighted by Gasteiger charge is -2.49. The van der Waals surface area contributed by atoms with Crippen LogP contribution in [0.1, 0.15) is 19.4 Å². The molecule has 6 rings (SSSR count). The largest absolute Gasteiger partial charge is 0.477 e. The summed E-state index contributed by atoms with van der Waals surface area (Å²) in [5.41, 5.74) is -0.426. The van der Waals surface area contributed by atoms with E-state index in [-0.39, 0.29) is 41.2 Å². The van der Waals surface area contributed by atoms with Gasteiger partial charge in [-0.05, 0) is 35.3 Å². The fourth-order valence-corrected chi connectivity index (χ4v) is 8.06. The molecular weight excluding hydrogens is 677 g/mol. The summed E-state index contributed by atoms with van der Waals surface area (Å²) < 4.78 is 2.20. The highest BCUT2D eigenvalue weighted by atomic mass is 32.2. The Balaban J connectivity index is 1.13. The molecule has 0 saturated carbocycles. The predicted octanol–water partition coefficient (Wildman–Crippen LogP) is 1.38. The first-order chi connectivity index (χ1) is 23.4. The highest BCUT2D eigenvalue weighted by Gasteiger charge is 2.54. The second-order valence-electron chi connectivity index (χ2n) is 11.7. The van der Waals surface area contributed by atoms with Gasteiger partial charge in [-0.25, -0.2) is 24.0 Å². The van der Waals surface area contributed by atoms with Crippen LogP contribution >= 0.6 is 23.5 Å². The first-order valence-electron chi connectivity index (χ1n) is 15.0. The summed E-state index contributed by atoms with van der Waals surface area (Å²) >= 11 is 2.36. The zero-order chi connectivity index (χ0) is 35.0. The number of β-lactam (4-membered cyclic amide) rings is 1. The Morgan fingerprint density at radius 2 is 1.82 bits per heavy atom. The third-order valence-electron chi connectivity index (χ3n) is 7.82. The van der Waals surface area contributed by atoms with Gasteiger partial charge in [0.1, 0.15) is 17.1 Å². The van der Waals surface area contributed by atoms with Crippen LogP contribution in [0.15, 0.2) is 79.3 Å². The molecule has 5 N–H and O–H groups in total. The molecule has 2 aromatic heterocycles. The number of carboxylic acids is 1. The van der Waals surface area contributed by atoms with E-state index in [9.17, 15) is 38.7 Å². The number of aliphatic carboxylic acids is 1. The van der Waals surface area contributed by atoms with E-state index in [0.717, 1.165) is 21.2 Å². The fraction of sp³-hybridized carbons (Fsp3) is 0.290. The molecule has 254 valence electrons. The second-order valence-corrected chi connectivity index (χ2v) is 13.7. The number of aromatic nitrogens is 5. The van der Waals surface area contributed by atoms with Crippen LogP contribution in [0.3, 0.4) is 0 Å². The summed E-state index contributed by atoms with van der Waals surface area (Å²) in [4.78, 5) is 92.4. The van der Waals surface area contributed by atoms with E-state index in [2.05, 4.69) is 25.8 Å². The van der Waals surface area contributed by atoms with Gasteiger partial charge in [-0.15, -0.1) is 16.9 Å². The van der Waals surface area contributed by atoms with Gasteiger partial charge in [0.05, 0.1) is 17.5 Å². The number of carbonyl (C=O) groups excluding carboxylic acids is 3. The number of H-pyrrole nitrogens is 2. The van der Waals surface area contributed by atoms with Crippen molar-refractivity contribution < 1.29 is 24.3 Å². The number of fused-ring (bicyclic) bond motifs is 2. The van der Waals surface area contributed by atoms with Crippen LogP contribution in [0, 0.1) is 5.92 Å². The number of hydrogen-bond acceptors (Lipinski definition) is 10. The number of imidazole rings is 1. The van der Waals surface area contributed by atoms with E-state index in [1.807, 2.05) is 13.8 Å². The van der Waals surface area contributed by atoms with Crippen molar-refractivity contribution in [1.29, 1.82) is 0 Å². The number of carboxylic acid groups (broad SMARTS) is 1. The molecule has 18 heteroatoms. The molecule has 1 fully saturated rings. The molecule has 16 nitrogen and oxygen atoms in total. The first kappa shape index (κ1) is 33.5. The molecule has 0 spiro atoms. The Morgan fingerprint density at radius 1 is 1.08 bits per heavy atom. The third-order valence-corrected chi connectivity index (χ3v) is 10.2. The van der Waals surface area contributed by atoms with Gasteiger partial charge >= 0.3 is 28.8 Å². The number of carbonyl (C=O) groups is 4. The van der Waals surface area contributed by atoms with E-state index in [0.29, 0.717) is 27.9 Å². The molecule has 4 aromatic rings. The van der Waals surface area contributed by atoms with Crippen molar-refractivity contribution in [3.05, 3.63) is 96.6 Å². The Kier molecular flexibility index (Phi) is 9.33. The molecule has 2 aliphatic heterocycles. The molecule has 0 aliphatic carbocycles. The fourth-order valence-electron chi connectivity index (χ4n) is 5.62. The van der Waals surface area contributed by atoms with Crippen LogP contribution in [0.4, 0.5) is 10.5 Å². The number of benzene rings is 2. The van der Waals surface area contributed by atoms with Crippen molar-refractivity contribution >= 4 is 64.1 Å². The molecular formula is C31H30N8O8S2. The second kappa shape index (κ2) is 13.6. The molecule has 3 amide bonds. The van der Waals surface area contributed by atoms with Gasteiger partial charge in [-0.2, -0.15) is 0 Å². The molecule has 1 saturated heterocycles. The van der Waals surface area contributed by atoms with E-state index >= 15 is 0 Å². The first-order valence-corrected chi connectivity index (χ1v) is 17.1. The Bertz CT molecular complexity index is 2220. The van der Waals surface area contributed by atoms with E-state index in [4.69, 9.17) is 0 Å². The summed E-state index contributed by atoms with van der Waals surface area (Å²) in [7, 11) is 0. The van der Waals surface area contributed by atoms with Gasteiger partial charge < -0.3 is 20.7 Å². The molecule has 0 bridgehead atoms. The summed E-state index contributed by atoms with van der Waals surface area (Å²) in [6.45, 7) is 4.00. The Hall–Kier alpha value is -5.36. The van der Waals surface area contributed by atoms with Gasteiger partial charge in [0.15, 0.2) is 5.16 Å². The maximum atomic E-state index is 13.3. The zero-order valence-corrected chi connectivity index (χ0v) is 27.7. The lowest BCUT2D eigenvalue weighted by Crippen LogP contribution is -2.70. The normalized spacial score (nSPS) is 17.2. The maximum Gasteiger partial charge on any atom is 0.352 e. The quantitative estimate of drug-likeness (QED) is 0.0901. The summed E-state index contributed by atoms with van der Waals surface area (Å²) in [6.07, 6.45) is -0.214. The van der Waals surface area contributed by atoms with Crippen molar-refractivity contribution in [1.82, 2.24) is 34.5 Å². The van der Waals surface area contributed by atoms with Crippen LogP contribution in [0.2, 0.25) is 0 Å². The number of rotatable bonds is 10. The van der Waals surface area contributed by atoms with Crippen molar-refractivity contribution in [3.63, 3.8) is 0 Å². The third kappa shape index (κ3) is 6.56. The summed E-state index contributed by atoms with van der Waals surface area (Å²) in [5.74, 6) is -2.08. The van der Waals surface area contributed by atoms with Gasteiger partial charge in [0.25, 0.3) is 5.91 Å². The molecule has 49 heavy (non-hydrogen) atoms. The number of para-hydroxylation sites is 3. The minimum Gasteiger partial charge on any atom is -0.477 e. The van der Waals surface area contributed by atoms with Crippen LogP contribution in [0.25, 0.3) is 11.0 Å². The SMILES string of the molecule is CC(C)Cn1c(SCC2=C(C(=O)O)N3C(=O)C(NC(=O)Cc4ccccc4NC(=O)n4c(=O)[nH]c5ccccc54)[C@H]3SC2)n[nH]c(=O)c1=O. The number of aromatic amines is 2. The van der Waals surface area contributed by atoms with Gasteiger partial charge in [0.2, 0.25) is 5.91 Å². The topological polar surface area (TPSA) is 221 Å². The van der Waals surface area contributed by atoms with Gasteiger partial charge in [0, 0.05) is 23.7 Å². The molecule has 2 aromatic carbocycles. The standard InChI is InChI=1S/C31H30N8O8S2/c1-15(2)12-37-26(43)24(41)35-36-31(37)49-14-17-13-48-27-22(25(42)39(27)23(17)28(44)45)34-21(40)11-16-7-3-4-8-18(16)32-29(46)38-20-10-6-5-9-19(20)33-30(38)47/h3-10,15,22,27H,11-14H2,1-2H3,(H,32,46)(H,33,47)(H,34,40)(H,35,41)(H,44,45)/t22?,27-/m1/s1.